The lowest BCUT2D eigenvalue weighted by molar-refractivity contribution is 0.297. The Hall–Kier alpha value is -1.35. The summed E-state index contributed by atoms with van der Waals surface area (Å²) in [5, 5.41) is 3.01. The van der Waals surface area contributed by atoms with Gasteiger partial charge in [0.2, 0.25) is 5.88 Å². The second-order valence-electron chi connectivity index (χ2n) is 2.48. The summed E-state index contributed by atoms with van der Waals surface area (Å²) in [7, 11) is 0. The van der Waals surface area contributed by atoms with Crippen LogP contribution in [-0.4, -0.2) is 4.98 Å². The molecule has 2 aromatic heterocycles. The Bertz CT molecular complexity index is 344. The van der Waals surface area contributed by atoms with E-state index in [0.717, 1.165) is 4.88 Å². The van der Waals surface area contributed by atoms with Gasteiger partial charge >= 0.3 is 0 Å². The van der Waals surface area contributed by atoms with E-state index in [9.17, 15) is 0 Å². The summed E-state index contributed by atoms with van der Waals surface area (Å²) in [6, 6.07) is 9.50. The Labute approximate surface area is 80.8 Å². The highest BCUT2D eigenvalue weighted by Crippen LogP contribution is 2.11. The topological polar surface area (TPSA) is 22.1 Å². The third kappa shape index (κ3) is 2.29. The molecule has 3 heteroatoms. The van der Waals surface area contributed by atoms with Gasteiger partial charge in [0.25, 0.3) is 0 Å². The number of thiophene rings is 1. The third-order valence-corrected chi connectivity index (χ3v) is 2.30. The lowest BCUT2D eigenvalue weighted by Crippen LogP contribution is -1.93. The Morgan fingerprint density at radius 1 is 1.38 bits per heavy atom. The van der Waals surface area contributed by atoms with Crippen LogP contribution >= 0.6 is 11.3 Å². The number of pyridine rings is 1. The fourth-order valence-corrected chi connectivity index (χ4v) is 1.47. The van der Waals surface area contributed by atoms with Gasteiger partial charge in [-0.25, -0.2) is 4.98 Å². The van der Waals surface area contributed by atoms with Gasteiger partial charge in [-0.05, 0) is 18.2 Å². The summed E-state index contributed by atoms with van der Waals surface area (Å²) >= 11 is 1.56. The average molecular weight is 190 g/mol. The first kappa shape index (κ1) is 8.26. The molecule has 0 bridgehead atoms. The maximum absolute atomic E-state index is 5.43. The molecule has 0 spiro atoms. The average Bonchev–Trinajstić information content (AvgIpc) is 2.69. The second-order valence-corrected chi connectivity index (χ2v) is 3.44. The standard InChI is InChI=1S/C10H8NOS/c1-2-6-11-10(5-1)12-8-9-4-3-7-13-9/h1-6H,8H2. The van der Waals surface area contributed by atoms with Crippen molar-refractivity contribution in [2.24, 2.45) is 0 Å². The Balaban J connectivity index is 1.94. The van der Waals surface area contributed by atoms with Crippen molar-refractivity contribution in [1.29, 1.82) is 0 Å². The van der Waals surface area contributed by atoms with Crippen LogP contribution in [0.15, 0.2) is 36.5 Å². The largest absolute Gasteiger partial charge is 0.472 e. The molecule has 2 heterocycles. The Morgan fingerprint density at radius 3 is 3.08 bits per heavy atom. The van der Waals surface area contributed by atoms with Gasteiger partial charge in [0.15, 0.2) is 0 Å². The van der Waals surface area contributed by atoms with Crippen LogP contribution in [0.2, 0.25) is 0 Å². The van der Waals surface area contributed by atoms with Gasteiger partial charge in [-0.15, -0.1) is 11.3 Å². The number of hydrogen-bond donors (Lipinski definition) is 0. The minimum Gasteiger partial charge on any atom is -0.472 e. The molecule has 1 radical (unpaired) electrons. The first-order valence-corrected chi connectivity index (χ1v) is 4.75. The molecular formula is C10H8NOS. The molecular weight excluding hydrogens is 182 g/mol. The Kier molecular flexibility index (Phi) is 2.57. The zero-order valence-electron chi connectivity index (χ0n) is 6.93. The summed E-state index contributed by atoms with van der Waals surface area (Å²) in [5.74, 6) is 0.663. The molecule has 2 aromatic rings. The zero-order valence-corrected chi connectivity index (χ0v) is 7.75. The van der Waals surface area contributed by atoms with Crippen LogP contribution in [0.25, 0.3) is 0 Å². The molecule has 0 saturated heterocycles. The number of ether oxygens (including phenoxy) is 1. The van der Waals surface area contributed by atoms with Gasteiger partial charge in [0, 0.05) is 22.5 Å². The van der Waals surface area contributed by atoms with Crippen LogP contribution in [0.4, 0.5) is 0 Å². The SMILES string of the molecule is [c]1ccc(COc2ccccn2)s1. The predicted molar refractivity (Wildman–Crippen MR) is 51.7 cm³/mol. The van der Waals surface area contributed by atoms with E-state index in [-0.39, 0.29) is 0 Å². The van der Waals surface area contributed by atoms with Crippen molar-refractivity contribution in [2.45, 2.75) is 6.61 Å². The molecule has 0 aliphatic rings. The Morgan fingerprint density at radius 2 is 2.38 bits per heavy atom. The van der Waals surface area contributed by atoms with E-state index in [1.54, 1.807) is 17.5 Å². The predicted octanol–water partition coefficient (Wildman–Crippen LogP) is 2.52. The highest BCUT2D eigenvalue weighted by molar-refractivity contribution is 7.09. The molecule has 0 unspecified atom stereocenters. The van der Waals surface area contributed by atoms with E-state index in [1.807, 2.05) is 30.3 Å². The first-order valence-electron chi connectivity index (χ1n) is 3.94. The quantitative estimate of drug-likeness (QED) is 0.742. The van der Waals surface area contributed by atoms with Gasteiger partial charge in [-0.2, -0.15) is 0 Å². The van der Waals surface area contributed by atoms with Gasteiger partial charge in [-0.3, -0.25) is 0 Å². The molecule has 0 atom stereocenters. The van der Waals surface area contributed by atoms with Crippen molar-refractivity contribution in [1.82, 2.24) is 4.98 Å². The fraction of sp³-hybridized carbons (Fsp3) is 0.100. The first-order chi connectivity index (χ1) is 6.45. The molecule has 0 fully saturated rings. The molecule has 0 aliphatic carbocycles. The molecule has 13 heavy (non-hydrogen) atoms. The van der Waals surface area contributed by atoms with Gasteiger partial charge < -0.3 is 4.74 Å². The van der Waals surface area contributed by atoms with Crippen LogP contribution in [0.3, 0.4) is 0 Å². The van der Waals surface area contributed by atoms with Gasteiger partial charge in [0.05, 0.1) is 0 Å². The zero-order chi connectivity index (χ0) is 8.93. The number of nitrogens with zero attached hydrogens (tertiary/aromatic N) is 1. The smallest absolute Gasteiger partial charge is 0.213 e. The minimum absolute atomic E-state index is 0.575. The maximum Gasteiger partial charge on any atom is 0.213 e. The van der Waals surface area contributed by atoms with Crippen molar-refractivity contribution in [3.8, 4) is 5.88 Å². The molecule has 0 saturated carbocycles. The fourth-order valence-electron chi connectivity index (χ4n) is 0.926. The molecule has 2 nitrogen and oxygen atoms in total. The van der Waals surface area contributed by atoms with Crippen molar-refractivity contribution in [3.63, 3.8) is 0 Å². The summed E-state index contributed by atoms with van der Waals surface area (Å²) in [4.78, 5) is 5.21. The van der Waals surface area contributed by atoms with Crippen molar-refractivity contribution < 1.29 is 4.74 Å². The van der Waals surface area contributed by atoms with Crippen LogP contribution in [0.5, 0.6) is 5.88 Å². The summed E-state index contributed by atoms with van der Waals surface area (Å²) in [6.45, 7) is 0.575. The third-order valence-electron chi connectivity index (χ3n) is 1.53. The second kappa shape index (κ2) is 4.05. The normalized spacial score (nSPS) is 9.85. The molecule has 0 N–H and O–H groups in total. The molecule has 65 valence electrons. The summed E-state index contributed by atoms with van der Waals surface area (Å²) < 4.78 is 5.43. The van der Waals surface area contributed by atoms with Gasteiger partial charge in [-0.1, -0.05) is 6.07 Å². The van der Waals surface area contributed by atoms with Crippen molar-refractivity contribution in [3.05, 3.63) is 46.8 Å². The van der Waals surface area contributed by atoms with E-state index in [1.165, 1.54) is 0 Å². The van der Waals surface area contributed by atoms with Crippen LogP contribution in [0, 0.1) is 5.38 Å². The molecule has 0 aliphatic heterocycles. The number of aromatic nitrogens is 1. The number of rotatable bonds is 3. The number of hydrogen-bond acceptors (Lipinski definition) is 3. The van der Waals surface area contributed by atoms with E-state index in [2.05, 4.69) is 10.4 Å². The monoisotopic (exact) mass is 190 g/mol. The minimum atomic E-state index is 0.575. The highest BCUT2D eigenvalue weighted by atomic mass is 32.1. The van der Waals surface area contributed by atoms with E-state index < -0.39 is 0 Å². The highest BCUT2D eigenvalue weighted by Gasteiger charge is 1.95. The van der Waals surface area contributed by atoms with Crippen LogP contribution in [-0.2, 0) is 6.61 Å². The van der Waals surface area contributed by atoms with E-state index in [4.69, 9.17) is 4.74 Å². The summed E-state index contributed by atoms with van der Waals surface area (Å²) in [5.41, 5.74) is 0. The molecule has 2 rings (SSSR count). The van der Waals surface area contributed by atoms with Crippen molar-refractivity contribution >= 4 is 11.3 Å². The van der Waals surface area contributed by atoms with Gasteiger partial charge in [0.1, 0.15) is 6.61 Å². The van der Waals surface area contributed by atoms with Crippen LogP contribution < -0.4 is 4.74 Å². The molecule has 0 aromatic carbocycles. The van der Waals surface area contributed by atoms with E-state index >= 15 is 0 Å². The van der Waals surface area contributed by atoms with Crippen LogP contribution in [0.1, 0.15) is 4.88 Å². The summed E-state index contributed by atoms with van der Waals surface area (Å²) in [6.07, 6.45) is 1.72. The maximum atomic E-state index is 5.43. The lowest BCUT2D eigenvalue weighted by atomic mass is 10.5. The van der Waals surface area contributed by atoms with Crippen molar-refractivity contribution in [2.75, 3.05) is 0 Å². The lowest BCUT2D eigenvalue weighted by Gasteiger charge is -2.01. The molecule has 0 amide bonds. The van der Waals surface area contributed by atoms with E-state index in [0.29, 0.717) is 12.5 Å².